The lowest BCUT2D eigenvalue weighted by atomic mass is 9.86. The lowest BCUT2D eigenvalue weighted by Crippen LogP contribution is -2.67. The van der Waals surface area contributed by atoms with Crippen LogP contribution in [0.3, 0.4) is 0 Å². The largest absolute Gasteiger partial charge is 0.380 e. The molecule has 0 amide bonds. The molecule has 3 heteroatoms. The molecule has 3 nitrogen and oxygen atoms in total. The molecule has 3 unspecified atom stereocenters. The summed E-state index contributed by atoms with van der Waals surface area (Å²) in [6.45, 7) is 11.5. The van der Waals surface area contributed by atoms with Crippen molar-refractivity contribution in [3.8, 4) is 0 Å². The molecule has 0 aromatic rings. The number of rotatable bonds is 3. The van der Waals surface area contributed by atoms with Gasteiger partial charge in [-0.05, 0) is 44.4 Å². The summed E-state index contributed by atoms with van der Waals surface area (Å²) >= 11 is 0. The van der Waals surface area contributed by atoms with Crippen LogP contribution in [0.1, 0.15) is 46.5 Å². The van der Waals surface area contributed by atoms with E-state index in [0.29, 0.717) is 17.6 Å². The van der Waals surface area contributed by atoms with Gasteiger partial charge in [0.2, 0.25) is 0 Å². The Morgan fingerprint density at radius 3 is 2.63 bits per heavy atom. The maximum atomic E-state index is 5.75. The van der Waals surface area contributed by atoms with Crippen molar-refractivity contribution in [2.24, 2.45) is 11.8 Å². The molecule has 0 spiro atoms. The molecule has 1 N–H and O–H groups in total. The predicted octanol–water partition coefficient (Wildman–Crippen LogP) is 2.26. The van der Waals surface area contributed by atoms with Gasteiger partial charge in [0.25, 0.3) is 0 Å². The summed E-state index contributed by atoms with van der Waals surface area (Å²) in [5.74, 6) is 1.63. The number of hydrogen-bond donors (Lipinski definition) is 1. The number of ether oxygens (including phenoxy) is 1. The summed E-state index contributed by atoms with van der Waals surface area (Å²) in [7, 11) is 0. The third kappa shape index (κ3) is 2.84. The zero-order chi connectivity index (χ0) is 13.5. The van der Waals surface area contributed by atoms with Crippen molar-refractivity contribution in [2.45, 2.75) is 64.1 Å². The highest BCUT2D eigenvalue weighted by atomic mass is 16.5. The molecule has 3 fully saturated rings. The van der Waals surface area contributed by atoms with Crippen LogP contribution in [0.4, 0.5) is 0 Å². The van der Waals surface area contributed by atoms with Crippen molar-refractivity contribution < 1.29 is 4.74 Å². The Balaban J connectivity index is 1.73. The fourth-order valence-corrected chi connectivity index (χ4v) is 4.01. The smallest absolute Gasteiger partial charge is 0.0621 e. The second-order valence-corrected chi connectivity index (χ2v) is 7.43. The van der Waals surface area contributed by atoms with Crippen LogP contribution in [0.2, 0.25) is 0 Å². The second-order valence-electron chi connectivity index (χ2n) is 7.43. The molecule has 1 aliphatic carbocycles. The van der Waals surface area contributed by atoms with Gasteiger partial charge in [0.1, 0.15) is 0 Å². The van der Waals surface area contributed by atoms with Crippen LogP contribution in [0.15, 0.2) is 0 Å². The van der Waals surface area contributed by atoms with E-state index in [0.717, 1.165) is 31.6 Å². The summed E-state index contributed by atoms with van der Waals surface area (Å²) in [6, 6.07) is 1.33. The molecule has 1 saturated carbocycles. The summed E-state index contributed by atoms with van der Waals surface area (Å²) in [4.78, 5) is 2.79. The van der Waals surface area contributed by atoms with E-state index in [-0.39, 0.29) is 0 Å². The Bertz CT molecular complexity index is 310. The van der Waals surface area contributed by atoms with Gasteiger partial charge in [0.05, 0.1) is 6.61 Å². The maximum Gasteiger partial charge on any atom is 0.0621 e. The minimum atomic E-state index is 0.350. The van der Waals surface area contributed by atoms with Crippen molar-refractivity contribution in [1.29, 1.82) is 0 Å². The molecule has 110 valence electrons. The van der Waals surface area contributed by atoms with Crippen molar-refractivity contribution in [3.05, 3.63) is 0 Å². The zero-order valence-corrected chi connectivity index (χ0v) is 12.8. The highest BCUT2D eigenvalue weighted by Crippen LogP contribution is 2.42. The summed E-state index contributed by atoms with van der Waals surface area (Å²) < 4.78 is 5.75. The normalized spacial score (nSPS) is 41.7. The van der Waals surface area contributed by atoms with Gasteiger partial charge in [0, 0.05) is 37.3 Å². The molecule has 3 atom stereocenters. The molecular formula is C16H30N2O. The van der Waals surface area contributed by atoms with Gasteiger partial charge in [-0.15, -0.1) is 0 Å². The van der Waals surface area contributed by atoms with Crippen LogP contribution in [-0.2, 0) is 4.74 Å². The van der Waals surface area contributed by atoms with Crippen LogP contribution < -0.4 is 5.32 Å². The first-order valence-electron chi connectivity index (χ1n) is 8.19. The fourth-order valence-electron chi connectivity index (χ4n) is 4.01. The summed E-state index contributed by atoms with van der Waals surface area (Å²) in [6.07, 6.45) is 5.40. The second kappa shape index (κ2) is 5.34. The number of nitrogens with zero attached hydrogens (tertiary/aromatic N) is 1. The minimum absolute atomic E-state index is 0.350. The Labute approximate surface area is 118 Å². The number of piperazine rings is 1. The first-order valence-corrected chi connectivity index (χ1v) is 8.19. The Kier molecular flexibility index (Phi) is 3.89. The molecule has 2 aliphatic heterocycles. The van der Waals surface area contributed by atoms with E-state index < -0.39 is 0 Å². The van der Waals surface area contributed by atoms with Gasteiger partial charge in [-0.25, -0.2) is 0 Å². The third-order valence-corrected chi connectivity index (χ3v) is 5.51. The van der Waals surface area contributed by atoms with E-state index in [1.54, 1.807) is 0 Å². The molecule has 19 heavy (non-hydrogen) atoms. The van der Waals surface area contributed by atoms with Gasteiger partial charge in [-0.2, -0.15) is 0 Å². The topological polar surface area (TPSA) is 24.5 Å². The SMILES string of the molecule is CC(C)C1CNC(C)(C2CC2)CN1C1CCCOC1. The van der Waals surface area contributed by atoms with Gasteiger partial charge >= 0.3 is 0 Å². The van der Waals surface area contributed by atoms with Gasteiger partial charge in [0.15, 0.2) is 0 Å². The minimum Gasteiger partial charge on any atom is -0.380 e. The van der Waals surface area contributed by atoms with Gasteiger partial charge < -0.3 is 10.1 Å². The molecule has 2 saturated heterocycles. The van der Waals surface area contributed by atoms with Crippen LogP contribution in [-0.4, -0.2) is 48.8 Å². The van der Waals surface area contributed by atoms with E-state index in [4.69, 9.17) is 4.74 Å². The lowest BCUT2D eigenvalue weighted by molar-refractivity contribution is -0.0419. The zero-order valence-electron chi connectivity index (χ0n) is 12.8. The van der Waals surface area contributed by atoms with Gasteiger partial charge in [-0.3, -0.25) is 4.90 Å². The Hall–Kier alpha value is -0.120. The van der Waals surface area contributed by atoms with Crippen molar-refractivity contribution >= 4 is 0 Å². The average Bonchev–Trinajstić information content (AvgIpc) is 3.24. The molecule has 3 rings (SSSR count). The summed E-state index contributed by atoms with van der Waals surface area (Å²) in [5.41, 5.74) is 0.350. The molecule has 2 heterocycles. The van der Waals surface area contributed by atoms with E-state index in [1.165, 1.54) is 32.2 Å². The quantitative estimate of drug-likeness (QED) is 0.848. The molecule has 0 bridgehead atoms. The summed E-state index contributed by atoms with van der Waals surface area (Å²) in [5, 5.41) is 3.88. The van der Waals surface area contributed by atoms with Gasteiger partial charge in [-0.1, -0.05) is 13.8 Å². The molecule has 0 aromatic heterocycles. The Morgan fingerprint density at radius 2 is 2.05 bits per heavy atom. The van der Waals surface area contributed by atoms with Crippen molar-refractivity contribution in [3.63, 3.8) is 0 Å². The molecular weight excluding hydrogens is 236 g/mol. The molecule has 0 aromatic carbocycles. The number of hydrogen-bond acceptors (Lipinski definition) is 3. The van der Waals surface area contributed by atoms with Crippen molar-refractivity contribution in [1.82, 2.24) is 10.2 Å². The van der Waals surface area contributed by atoms with E-state index in [2.05, 4.69) is 31.0 Å². The van der Waals surface area contributed by atoms with Crippen LogP contribution in [0, 0.1) is 11.8 Å². The van der Waals surface area contributed by atoms with E-state index >= 15 is 0 Å². The predicted molar refractivity (Wildman–Crippen MR) is 78.3 cm³/mol. The van der Waals surface area contributed by atoms with Crippen LogP contribution in [0.5, 0.6) is 0 Å². The molecule has 0 radical (unpaired) electrons. The molecule has 3 aliphatic rings. The fraction of sp³-hybridized carbons (Fsp3) is 1.00. The third-order valence-electron chi connectivity index (χ3n) is 5.51. The average molecular weight is 266 g/mol. The number of nitrogens with one attached hydrogen (secondary N) is 1. The monoisotopic (exact) mass is 266 g/mol. The van der Waals surface area contributed by atoms with Crippen LogP contribution in [0.25, 0.3) is 0 Å². The lowest BCUT2D eigenvalue weighted by Gasteiger charge is -2.51. The first kappa shape index (κ1) is 13.8. The van der Waals surface area contributed by atoms with Crippen molar-refractivity contribution in [2.75, 3.05) is 26.3 Å². The maximum absolute atomic E-state index is 5.75. The Morgan fingerprint density at radius 1 is 1.26 bits per heavy atom. The highest BCUT2D eigenvalue weighted by molar-refractivity contribution is 5.05. The highest BCUT2D eigenvalue weighted by Gasteiger charge is 2.47. The van der Waals surface area contributed by atoms with E-state index in [1.807, 2.05) is 0 Å². The van der Waals surface area contributed by atoms with Crippen LogP contribution >= 0.6 is 0 Å². The first-order chi connectivity index (χ1) is 9.10. The standard InChI is InChI=1S/C16H30N2O/c1-12(2)15-9-17-16(3,13-6-7-13)11-18(15)14-5-4-8-19-10-14/h12-15,17H,4-11H2,1-3H3. The van der Waals surface area contributed by atoms with E-state index in [9.17, 15) is 0 Å².